The summed E-state index contributed by atoms with van der Waals surface area (Å²) in [6.07, 6.45) is 1.21. The van der Waals surface area contributed by atoms with E-state index in [4.69, 9.17) is 10.2 Å². The fourth-order valence-electron chi connectivity index (χ4n) is 1.51. The number of aromatic nitrogens is 1. The van der Waals surface area contributed by atoms with Crippen LogP contribution in [0, 0.1) is 5.82 Å². The number of aromatic hydroxyl groups is 1. The van der Waals surface area contributed by atoms with Crippen LogP contribution >= 0.6 is 0 Å². The average Bonchev–Trinajstić information content (AvgIpc) is 2.38. The van der Waals surface area contributed by atoms with Crippen LogP contribution in [-0.4, -0.2) is 27.1 Å². The summed E-state index contributed by atoms with van der Waals surface area (Å²) in [7, 11) is 0. The molecule has 2 rings (SSSR count). The van der Waals surface area contributed by atoms with Crippen molar-refractivity contribution in [2.24, 2.45) is 0 Å². The number of anilines is 1. The zero-order valence-corrected chi connectivity index (χ0v) is 10.0. The molecule has 20 heavy (non-hydrogen) atoms. The number of phenolic OH excluding ortho intramolecular Hbond substituents is 1. The molecule has 0 spiro atoms. The van der Waals surface area contributed by atoms with Crippen LogP contribution in [0.3, 0.4) is 0 Å². The number of halogens is 1. The SMILES string of the molecule is O=C(O)c1cc(NC(=O)c2ccc(O)cc2F)ccn1. The molecule has 0 fully saturated rings. The molecule has 1 aromatic heterocycles. The molecule has 1 heterocycles. The molecule has 1 aromatic carbocycles. The van der Waals surface area contributed by atoms with E-state index < -0.39 is 17.7 Å². The fourth-order valence-corrected chi connectivity index (χ4v) is 1.51. The number of hydrogen-bond acceptors (Lipinski definition) is 4. The number of benzene rings is 1. The van der Waals surface area contributed by atoms with E-state index in [0.29, 0.717) is 0 Å². The number of phenols is 1. The first-order valence-corrected chi connectivity index (χ1v) is 5.46. The van der Waals surface area contributed by atoms with Crippen molar-refractivity contribution in [3.63, 3.8) is 0 Å². The average molecular weight is 276 g/mol. The van der Waals surface area contributed by atoms with Crippen molar-refractivity contribution in [3.8, 4) is 5.75 Å². The van der Waals surface area contributed by atoms with Crippen molar-refractivity contribution < 1.29 is 24.2 Å². The Bertz CT molecular complexity index is 688. The highest BCUT2D eigenvalue weighted by molar-refractivity contribution is 6.04. The third-order valence-corrected chi connectivity index (χ3v) is 2.43. The van der Waals surface area contributed by atoms with Crippen molar-refractivity contribution in [2.75, 3.05) is 5.32 Å². The molecule has 7 heteroatoms. The highest BCUT2D eigenvalue weighted by Crippen LogP contribution is 2.17. The molecule has 0 bridgehead atoms. The number of amides is 1. The van der Waals surface area contributed by atoms with E-state index in [9.17, 15) is 14.0 Å². The Hall–Kier alpha value is -2.96. The molecule has 0 unspecified atom stereocenters. The molecule has 0 radical (unpaired) electrons. The summed E-state index contributed by atoms with van der Waals surface area (Å²) in [5.74, 6) is -3.17. The Morgan fingerprint density at radius 2 is 1.95 bits per heavy atom. The molecule has 3 N–H and O–H groups in total. The second-order valence-electron chi connectivity index (χ2n) is 3.85. The van der Waals surface area contributed by atoms with E-state index in [1.807, 2.05) is 0 Å². The zero-order chi connectivity index (χ0) is 14.7. The maximum absolute atomic E-state index is 13.5. The summed E-state index contributed by atoms with van der Waals surface area (Å²) in [4.78, 5) is 26.2. The van der Waals surface area contributed by atoms with Gasteiger partial charge < -0.3 is 15.5 Å². The number of carboxylic acids is 1. The molecule has 0 aliphatic rings. The molecular weight excluding hydrogens is 267 g/mol. The molecule has 1 amide bonds. The molecule has 6 nitrogen and oxygen atoms in total. The number of hydrogen-bond donors (Lipinski definition) is 3. The normalized spacial score (nSPS) is 10.1. The predicted molar refractivity (Wildman–Crippen MR) is 67.2 cm³/mol. The Labute approximate surface area is 112 Å². The molecule has 0 aliphatic heterocycles. The number of carboxylic acid groups (broad SMARTS) is 1. The number of aromatic carboxylic acids is 1. The van der Waals surface area contributed by atoms with Crippen LogP contribution in [0.15, 0.2) is 36.5 Å². The highest BCUT2D eigenvalue weighted by Gasteiger charge is 2.13. The Kier molecular flexibility index (Phi) is 3.60. The molecule has 0 aliphatic carbocycles. The van der Waals surface area contributed by atoms with Crippen LogP contribution in [0.1, 0.15) is 20.8 Å². The predicted octanol–water partition coefficient (Wildman–Crippen LogP) is 1.88. The van der Waals surface area contributed by atoms with Crippen molar-refractivity contribution in [1.29, 1.82) is 0 Å². The van der Waals surface area contributed by atoms with Gasteiger partial charge in [0, 0.05) is 18.0 Å². The smallest absolute Gasteiger partial charge is 0.354 e. The number of carbonyl (C=O) groups excluding carboxylic acids is 1. The van der Waals surface area contributed by atoms with Crippen LogP contribution in [0.2, 0.25) is 0 Å². The van der Waals surface area contributed by atoms with E-state index in [0.717, 1.165) is 18.2 Å². The molecule has 2 aromatic rings. The van der Waals surface area contributed by atoms with Gasteiger partial charge in [0.2, 0.25) is 0 Å². The molecule has 0 saturated carbocycles. The van der Waals surface area contributed by atoms with Crippen molar-refractivity contribution in [3.05, 3.63) is 53.6 Å². The Morgan fingerprint density at radius 3 is 2.60 bits per heavy atom. The highest BCUT2D eigenvalue weighted by atomic mass is 19.1. The van der Waals surface area contributed by atoms with Crippen LogP contribution in [0.5, 0.6) is 5.75 Å². The molecule has 102 valence electrons. The van der Waals surface area contributed by atoms with Crippen LogP contribution in [0.4, 0.5) is 10.1 Å². The number of rotatable bonds is 3. The number of nitrogens with one attached hydrogen (secondary N) is 1. The van der Waals surface area contributed by atoms with Crippen LogP contribution < -0.4 is 5.32 Å². The van der Waals surface area contributed by atoms with E-state index in [1.165, 1.54) is 18.3 Å². The lowest BCUT2D eigenvalue weighted by atomic mass is 10.2. The van der Waals surface area contributed by atoms with Gasteiger partial charge in [0.1, 0.15) is 17.3 Å². The minimum absolute atomic E-state index is 0.176. The third-order valence-electron chi connectivity index (χ3n) is 2.43. The number of nitrogens with zero attached hydrogens (tertiary/aromatic N) is 1. The lowest BCUT2D eigenvalue weighted by Gasteiger charge is -2.06. The summed E-state index contributed by atoms with van der Waals surface area (Å²) in [5.41, 5.74) is -0.333. The van der Waals surface area contributed by atoms with E-state index in [-0.39, 0.29) is 22.7 Å². The standard InChI is InChI=1S/C13H9FN2O4/c14-10-6-8(17)1-2-9(10)12(18)16-7-3-4-15-11(5-7)13(19)20/h1-6,17H,(H,19,20)(H,15,16,18). The first kappa shape index (κ1) is 13.5. The lowest BCUT2D eigenvalue weighted by molar-refractivity contribution is 0.0690. The van der Waals surface area contributed by atoms with Gasteiger partial charge in [0.05, 0.1) is 5.56 Å². The molecular formula is C13H9FN2O4. The minimum atomic E-state index is -1.24. The van der Waals surface area contributed by atoms with E-state index >= 15 is 0 Å². The Balaban J connectivity index is 2.23. The fraction of sp³-hybridized carbons (Fsp3) is 0. The van der Waals surface area contributed by atoms with E-state index in [1.54, 1.807) is 0 Å². The minimum Gasteiger partial charge on any atom is -0.508 e. The molecule has 0 saturated heterocycles. The van der Waals surface area contributed by atoms with Crippen LogP contribution in [-0.2, 0) is 0 Å². The second-order valence-corrected chi connectivity index (χ2v) is 3.85. The third kappa shape index (κ3) is 2.89. The Morgan fingerprint density at radius 1 is 1.20 bits per heavy atom. The van der Waals surface area contributed by atoms with Crippen molar-refractivity contribution >= 4 is 17.6 Å². The quantitative estimate of drug-likeness (QED) is 0.794. The van der Waals surface area contributed by atoms with Gasteiger partial charge in [-0.05, 0) is 24.3 Å². The van der Waals surface area contributed by atoms with Gasteiger partial charge in [-0.3, -0.25) is 4.79 Å². The van der Waals surface area contributed by atoms with Gasteiger partial charge in [-0.25, -0.2) is 14.2 Å². The van der Waals surface area contributed by atoms with Gasteiger partial charge >= 0.3 is 5.97 Å². The van der Waals surface area contributed by atoms with Gasteiger partial charge in [0.25, 0.3) is 5.91 Å². The summed E-state index contributed by atoms with van der Waals surface area (Å²) < 4.78 is 13.5. The van der Waals surface area contributed by atoms with Gasteiger partial charge in [-0.1, -0.05) is 0 Å². The van der Waals surface area contributed by atoms with Gasteiger partial charge in [0.15, 0.2) is 0 Å². The maximum atomic E-state index is 13.5. The van der Waals surface area contributed by atoms with Crippen molar-refractivity contribution in [2.45, 2.75) is 0 Å². The number of carbonyl (C=O) groups is 2. The summed E-state index contributed by atoms with van der Waals surface area (Å²) >= 11 is 0. The van der Waals surface area contributed by atoms with Crippen LogP contribution in [0.25, 0.3) is 0 Å². The lowest BCUT2D eigenvalue weighted by Crippen LogP contribution is -2.14. The topological polar surface area (TPSA) is 99.5 Å². The van der Waals surface area contributed by atoms with E-state index in [2.05, 4.69) is 10.3 Å². The zero-order valence-electron chi connectivity index (χ0n) is 10.0. The van der Waals surface area contributed by atoms with Gasteiger partial charge in [-0.2, -0.15) is 0 Å². The first-order valence-electron chi connectivity index (χ1n) is 5.46. The summed E-state index contributed by atoms with van der Waals surface area (Å²) in [6.45, 7) is 0. The van der Waals surface area contributed by atoms with Crippen molar-refractivity contribution in [1.82, 2.24) is 4.98 Å². The maximum Gasteiger partial charge on any atom is 0.354 e. The number of pyridine rings is 1. The summed E-state index contributed by atoms with van der Waals surface area (Å²) in [5, 5.41) is 20.2. The first-order chi connectivity index (χ1) is 9.47. The molecule has 0 atom stereocenters. The largest absolute Gasteiger partial charge is 0.508 e. The van der Waals surface area contributed by atoms with Gasteiger partial charge in [-0.15, -0.1) is 0 Å². The summed E-state index contributed by atoms with van der Waals surface area (Å²) in [6, 6.07) is 5.64. The second kappa shape index (κ2) is 5.35. The monoisotopic (exact) mass is 276 g/mol.